The number of carbonyl (C=O) groups is 4. The van der Waals surface area contributed by atoms with Gasteiger partial charge in [0.05, 0.1) is 11.0 Å². The Hall–Kier alpha value is -5.54. The molecule has 0 saturated heterocycles. The van der Waals surface area contributed by atoms with Gasteiger partial charge in [0.15, 0.2) is 0 Å². The van der Waals surface area contributed by atoms with Crippen LogP contribution in [0, 0.1) is 13.8 Å². The van der Waals surface area contributed by atoms with Gasteiger partial charge in [0.1, 0.15) is 0 Å². The van der Waals surface area contributed by atoms with Gasteiger partial charge in [-0.05, 0) is 93.7 Å². The fourth-order valence-electron chi connectivity index (χ4n) is 7.26. The molecule has 0 spiro atoms. The minimum absolute atomic E-state index is 0.271. The third-order valence-corrected chi connectivity index (χ3v) is 9.51. The highest BCUT2D eigenvalue weighted by Gasteiger charge is 2.34. The van der Waals surface area contributed by atoms with Crippen molar-refractivity contribution in [3.63, 3.8) is 0 Å². The van der Waals surface area contributed by atoms with Crippen LogP contribution in [0.1, 0.15) is 71.8 Å². The molecule has 0 aliphatic carbocycles. The normalized spacial score (nSPS) is 14.4. The molecule has 6 aromatic rings. The summed E-state index contributed by atoms with van der Waals surface area (Å²) in [6.07, 6.45) is 5.61. The standard InChI is InChI=1S/C39H33N5O4/c1-22-16-24-18-30-32-26(34(24)41-20-22)8-5-10-28(32)36(45)43(38(30)47)14-4-3-12-40-13-7-15-44-37(46)29-11-6-9-27-33(29)31(39(44)48)19-25-17-23(2)21-42-35(25)27/h5-6,8-11,16-21,40H,3-4,7,12-15H2,1-2H3. The van der Waals surface area contributed by atoms with Gasteiger partial charge in [0.25, 0.3) is 23.6 Å². The number of unbranched alkanes of at least 4 members (excludes halogenated alkanes) is 1. The van der Waals surface area contributed by atoms with Crippen LogP contribution in [0.5, 0.6) is 0 Å². The minimum Gasteiger partial charge on any atom is -0.317 e. The summed E-state index contributed by atoms with van der Waals surface area (Å²) < 4.78 is 0. The van der Waals surface area contributed by atoms with E-state index in [0.717, 1.165) is 50.1 Å². The molecule has 8 rings (SSSR count). The molecule has 48 heavy (non-hydrogen) atoms. The van der Waals surface area contributed by atoms with Gasteiger partial charge >= 0.3 is 0 Å². The molecule has 2 aliphatic heterocycles. The van der Waals surface area contributed by atoms with Crippen LogP contribution in [0.15, 0.2) is 73.1 Å². The summed E-state index contributed by atoms with van der Waals surface area (Å²) >= 11 is 0. The number of rotatable bonds is 9. The average molecular weight is 636 g/mol. The minimum atomic E-state index is -0.280. The van der Waals surface area contributed by atoms with Crippen molar-refractivity contribution in [1.82, 2.24) is 25.1 Å². The first-order chi connectivity index (χ1) is 23.3. The van der Waals surface area contributed by atoms with Crippen LogP contribution >= 0.6 is 0 Å². The highest BCUT2D eigenvalue weighted by Crippen LogP contribution is 2.36. The number of aryl methyl sites for hydroxylation is 2. The summed E-state index contributed by atoms with van der Waals surface area (Å²) in [6, 6.07) is 18.9. The van der Waals surface area contributed by atoms with E-state index in [1.165, 1.54) is 9.80 Å². The van der Waals surface area contributed by atoms with Crippen molar-refractivity contribution in [2.45, 2.75) is 33.1 Å². The highest BCUT2D eigenvalue weighted by atomic mass is 16.2. The van der Waals surface area contributed by atoms with Crippen LogP contribution in [0.2, 0.25) is 0 Å². The first-order valence-corrected chi connectivity index (χ1v) is 16.4. The lowest BCUT2D eigenvalue weighted by atomic mass is 9.91. The number of aromatic nitrogens is 2. The first kappa shape index (κ1) is 29.8. The smallest absolute Gasteiger partial charge is 0.261 e. The fourth-order valence-corrected chi connectivity index (χ4v) is 7.26. The zero-order chi connectivity index (χ0) is 33.1. The molecule has 9 heteroatoms. The zero-order valence-corrected chi connectivity index (χ0v) is 26.8. The van der Waals surface area contributed by atoms with Gasteiger partial charge in [-0.2, -0.15) is 0 Å². The summed E-state index contributed by atoms with van der Waals surface area (Å²) in [6.45, 7) is 5.86. The quantitative estimate of drug-likeness (QED) is 0.112. The molecule has 0 unspecified atom stereocenters. The maximum atomic E-state index is 13.6. The molecule has 0 radical (unpaired) electrons. The Morgan fingerprint density at radius 1 is 0.562 bits per heavy atom. The van der Waals surface area contributed by atoms with E-state index in [2.05, 4.69) is 15.3 Å². The Morgan fingerprint density at radius 2 is 1.02 bits per heavy atom. The molecule has 9 nitrogen and oxygen atoms in total. The number of fused-ring (bicyclic) bond motifs is 4. The number of carbonyl (C=O) groups excluding carboxylic acids is 4. The zero-order valence-electron chi connectivity index (χ0n) is 26.8. The molecule has 4 amide bonds. The number of hydrogen-bond acceptors (Lipinski definition) is 7. The lowest BCUT2D eigenvalue weighted by Gasteiger charge is -2.28. The van der Waals surface area contributed by atoms with Crippen molar-refractivity contribution in [1.29, 1.82) is 0 Å². The number of pyridine rings is 2. The van der Waals surface area contributed by atoms with Crippen molar-refractivity contribution in [2.24, 2.45) is 0 Å². The Balaban J connectivity index is 0.874. The van der Waals surface area contributed by atoms with Crippen molar-refractivity contribution in [2.75, 3.05) is 26.2 Å². The van der Waals surface area contributed by atoms with Gasteiger partial charge in [0, 0.05) is 80.1 Å². The number of nitrogens with one attached hydrogen (secondary N) is 1. The van der Waals surface area contributed by atoms with Crippen LogP contribution in [0.25, 0.3) is 43.4 Å². The molecule has 2 aromatic heterocycles. The molecule has 0 saturated carbocycles. The van der Waals surface area contributed by atoms with E-state index < -0.39 is 0 Å². The van der Waals surface area contributed by atoms with E-state index in [0.29, 0.717) is 72.0 Å². The summed E-state index contributed by atoms with van der Waals surface area (Å²) in [5.41, 5.74) is 5.73. The Morgan fingerprint density at radius 3 is 1.54 bits per heavy atom. The molecule has 0 fully saturated rings. The fraction of sp³-hybridized carbons (Fsp3) is 0.231. The molecule has 0 bridgehead atoms. The van der Waals surface area contributed by atoms with Gasteiger partial charge in [0.2, 0.25) is 0 Å². The van der Waals surface area contributed by atoms with Crippen LogP contribution in [-0.4, -0.2) is 69.6 Å². The predicted octanol–water partition coefficient (Wildman–Crippen LogP) is 6.36. The molecule has 1 N–H and O–H groups in total. The first-order valence-electron chi connectivity index (χ1n) is 16.4. The summed E-state index contributed by atoms with van der Waals surface area (Å²) in [7, 11) is 0. The molecule has 238 valence electrons. The maximum Gasteiger partial charge on any atom is 0.261 e. The molecule has 4 heterocycles. The van der Waals surface area contributed by atoms with Crippen molar-refractivity contribution < 1.29 is 19.2 Å². The Bertz CT molecular complexity index is 2220. The molecular weight excluding hydrogens is 602 g/mol. The molecule has 0 atom stereocenters. The SMILES string of the molecule is Cc1cnc2c(c1)cc1c3c(cccc32)C(=O)N(CCCCNCCCN2C(=O)c3cccc4c3c(cc3cc(C)cnc34)C2=O)C1=O. The van der Waals surface area contributed by atoms with Crippen LogP contribution in [0.4, 0.5) is 0 Å². The van der Waals surface area contributed by atoms with Crippen molar-refractivity contribution in [3.8, 4) is 0 Å². The summed E-state index contributed by atoms with van der Waals surface area (Å²) in [4.78, 5) is 65.9. The van der Waals surface area contributed by atoms with Crippen molar-refractivity contribution in [3.05, 3.63) is 106 Å². The van der Waals surface area contributed by atoms with E-state index in [4.69, 9.17) is 0 Å². The lowest BCUT2D eigenvalue weighted by molar-refractivity contribution is 0.0591. The van der Waals surface area contributed by atoms with Gasteiger partial charge < -0.3 is 5.32 Å². The third-order valence-electron chi connectivity index (χ3n) is 9.51. The highest BCUT2D eigenvalue weighted by molar-refractivity contribution is 6.30. The summed E-state index contributed by atoms with van der Waals surface area (Å²) in [5.74, 6) is -1.10. The van der Waals surface area contributed by atoms with E-state index in [1.807, 2.05) is 62.4 Å². The average Bonchev–Trinajstić information content (AvgIpc) is 3.09. The topological polar surface area (TPSA) is 113 Å². The molecule has 2 aliphatic rings. The second kappa shape index (κ2) is 11.6. The number of imide groups is 2. The Kier molecular flexibility index (Phi) is 7.22. The van der Waals surface area contributed by atoms with E-state index in [1.54, 1.807) is 24.5 Å². The predicted molar refractivity (Wildman–Crippen MR) is 185 cm³/mol. The maximum absolute atomic E-state index is 13.6. The van der Waals surface area contributed by atoms with Crippen LogP contribution in [-0.2, 0) is 0 Å². The van der Waals surface area contributed by atoms with Crippen molar-refractivity contribution >= 4 is 67.0 Å². The lowest BCUT2D eigenvalue weighted by Crippen LogP contribution is -2.41. The number of amides is 4. The third kappa shape index (κ3) is 4.73. The molecule has 4 aromatic carbocycles. The van der Waals surface area contributed by atoms with E-state index in [-0.39, 0.29) is 23.6 Å². The van der Waals surface area contributed by atoms with Crippen LogP contribution < -0.4 is 5.32 Å². The largest absolute Gasteiger partial charge is 0.317 e. The second-order valence-electron chi connectivity index (χ2n) is 12.8. The van der Waals surface area contributed by atoms with Gasteiger partial charge in [-0.3, -0.25) is 38.9 Å². The number of nitrogens with zero attached hydrogens (tertiary/aromatic N) is 4. The van der Waals surface area contributed by atoms with Gasteiger partial charge in [-0.15, -0.1) is 0 Å². The van der Waals surface area contributed by atoms with Gasteiger partial charge in [-0.25, -0.2) is 0 Å². The van der Waals surface area contributed by atoms with E-state index >= 15 is 0 Å². The van der Waals surface area contributed by atoms with Gasteiger partial charge in [-0.1, -0.05) is 24.3 Å². The van der Waals surface area contributed by atoms with Crippen LogP contribution in [0.3, 0.4) is 0 Å². The number of hydrogen-bond donors (Lipinski definition) is 1. The monoisotopic (exact) mass is 635 g/mol. The molecular formula is C39H33N5O4. The summed E-state index contributed by atoms with van der Waals surface area (Å²) in [5, 5.41) is 8.15. The Labute approximate surface area is 276 Å². The number of benzene rings is 4. The second-order valence-corrected chi connectivity index (χ2v) is 12.8. The van der Waals surface area contributed by atoms with E-state index in [9.17, 15) is 19.2 Å².